The summed E-state index contributed by atoms with van der Waals surface area (Å²) in [5.74, 6) is 0.0994. The van der Waals surface area contributed by atoms with Gasteiger partial charge in [-0.05, 0) is 55.1 Å². The zero-order valence-corrected chi connectivity index (χ0v) is 14.2. The van der Waals surface area contributed by atoms with Crippen LogP contribution in [0.2, 0.25) is 0 Å². The lowest BCUT2D eigenvalue weighted by Crippen LogP contribution is -2.27. The Morgan fingerprint density at radius 2 is 2.04 bits per heavy atom. The van der Waals surface area contributed by atoms with E-state index >= 15 is 0 Å². The maximum Gasteiger partial charge on any atom is 0.336 e. The van der Waals surface area contributed by atoms with E-state index in [1.165, 1.54) is 23.6 Å². The van der Waals surface area contributed by atoms with Crippen molar-refractivity contribution in [2.24, 2.45) is 0 Å². The van der Waals surface area contributed by atoms with Crippen LogP contribution < -0.4 is 5.63 Å². The van der Waals surface area contributed by atoms with Gasteiger partial charge in [-0.1, -0.05) is 24.3 Å². The molecule has 4 nitrogen and oxygen atoms in total. The molecule has 1 aliphatic carbocycles. The first-order valence-corrected chi connectivity index (χ1v) is 8.65. The number of phenolic OH excluding ortho intramolecular Hbond substituents is 1. The summed E-state index contributed by atoms with van der Waals surface area (Å²) >= 11 is 0. The van der Waals surface area contributed by atoms with Gasteiger partial charge in [-0.3, -0.25) is 4.90 Å². The van der Waals surface area contributed by atoms with Crippen LogP contribution in [0, 0.1) is 0 Å². The lowest BCUT2D eigenvalue weighted by Gasteiger charge is -2.33. The lowest BCUT2D eigenvalue weighted by molar-refractivity contribution is 0.213. The molecule has 0 aliphatic heterocycles. The number of hydrogen-bond donors (Lipinski definition) is 1. The van der Waals surface area contributed by atoms with Crippen LogP contribution >= 0.6 is 0 Å². The van der Waals surface area contributed by atoms with Gasteiger partial charge in [0, 0.05) is 30.1 Å². The Bertz CT molecular complexity index is 976. The lowest BCUT2D eigenvalue weighted by atomic mass is 9.87. The van der Waals surface area contributed by atoms with Crippen LogP contribution in [-0.4, -0.2) is 17.1 Å². The quantitative estimate of drug-likeness (QED) is 0.735. The van der Waals surface area contributed by atoms with Crippen LogP contribution in [0.3, 0.4) is 0 Å². The third-order valence-corrected chi connectivity index (χ3v) is 5.10. The van der Waals surface area contributed by atoms with Crippen molar-refractivity contribution in [1.29, 1.82) is 0 Å². The van der Waals surface area contributed by atoms with E-state index in [1.807, 2.05) is 6.07 Å². The Balaban J connectivity index is 1.69. The highest BCUT2D eigenvalue weighted by Gasteiger charge is 2.24. The van der Waals surface area contributed by atoms with E-state index in [0.717, 1.165) is 23.8 Å². The van der Waals surface area contributed by atoms with Crippen molar-refractivity contribution in [3.05, 3.63) is 75.6 Å². The topological polar surface area (TPSA) is 53.7 Å². The van der Waals surface area contributed by atoms with Gasteiger partial charge in [0.1, 0.15) is 11.3 Å². The molecule has 1 N–H and O–H groups in total. The molecule has 0 saturated heterocycles. The molecule has 2 aromatic carbocycles. The highest BCUT2D eigenvalue weighted by atomic mass is 16.4. The van der Waals surface area contributed by atoms with Gasteiger partial charge >= 0.3 is 5.63 Å². The summed E-state index contributed by atoms with van der Waals surface area (Å²) in [6.45, 7) is 0.659. The van der Waals surface area contributed by atoms with Crippen molar-refractivity contribution in [2.45, 2.75) is 31.8 Å². The van der Waals surface area contributed by atoms with Gasteiger partial charge in [0.05, 0.1) is 0 Å². The molecule has 1 aromatic heterocycles. The molecule has 0 bridgehead atoms. The van der Waals surface area contributed by atoms with E-state index in [4.69, 9.17) is 4.42 Å². The van der Waals surface area contributed by atoms with Crippen LogP contribution in [-0.2, 0) is 13.0 Å². The van der Waals surface area contributed by atoms with Gasteiger partial charge in [0.15, 0.2) is 0 Å². The van der Waals surface area contributed by atoms with Crippen molar-refractivity contribution < 1.29 is 9.52 Å². The standard InChI is InChI=1S/C21H21NO3/c1-22(19-8-4-6-14-5-2-3-7-17(14)19)13-15-11-21(24)25-20-12-16(23)9-10-18(15)20/h2-3,5,7,9-12,19,23H,4,6,8,13H2,1H3/t19-/m1/s1. The highest BCUT2D eigenvalue weighted by molar-refractivity contribution is 5.81. The number of rotatable bonds is 3. The Morgan fingerprint density at radius 3 is 2.92 bits per heavy atom. The fourth-order valence-electron chi connectivity index (χ4n) is 3.91. The first-order chi connectivity index (χ1) is 12.1. The van der Waals surface area contributed by atoms with E-state index in [0.29, 0.717) is 18.2 Å². The molecule has 128 valence electrons. The van der Waals surface area contributed by atoms with E-state index in [2.05, 4.69) is 36.2 Å². The van der Waals surface area contributed by atoms with Crippen LogP contribution in [0.15, 0.2) is 57.7 Å². The minimum Gasteiger partial charge on any atom is -0.508 e. The summed E-state index contributed by atoms with van der Waals surface area (Å²) < 4.78 is 5.23. The van der Waals surface area contributed by atoms with E-state index < -0.39 is 0 Å². The molecule has 0 radical (unpaired) electrons. The summed E-state index contributed by atoms with van der Waals surface area (Å²) in [4.78, 5) is 14.2. The number of phenols is 1. The average Bonchev–Trinajstić information content (AvgIpc) is 2.60. The smallest absolute Gasteiger partial charge is 0.336 e. The van der Waals surface area contributed by atoms with Crippen LogP contribution in [0.1, 0.15) is 35.6 Å². The molecular formula is C21H21NO3. The van der Waals surface area contributed by atoms with Gasteiger partial charge in [0.25, 0.3) is 0 Å². The SMILES string of the molecule is CN(Cc1cc(=O)oc2cc(O)ccc12)[C@@H]1CCCc2ccccc21. The summed E-state index contributed by atoms with van der Waals surface area (Å²) in [5.41, 5.74) is 3.79. The maximum atomic E-state index is 11.9. The molecule has 4 rings (SSSR count). The molecular weight excluding hydrogens is 314 g/mol. The molecule has 4 heteroatoms. The van der Waals surface area contributed by atoms with Gasteiger partial charge < -0.3 is 9.52 Å². The number of fused-ring (bicyclic) bond motifs is 2. The first kappa shape index (κ1) is 15.9. The average molecular weight is 335 g/mol. The minimum absolute atomic E-state index is 0.0994. The fourth-order valence-corrected chi connectivity index (χ4v) is 3.91. The molecule has 0 saturated carbocycles. The Hall–Kier alpha value is -2.59. The largest absolute Gasteiger partial charge is 0.508 e. The van der Waals surface area contributed by atoms with Gasteiger partial charge in [-0.15, -0.1) is 0 Å². The molecule has 1 atom stereocenters. The van der Waals surface area contributed by atoms with E-state index in [-0.39, 0.29) is 11.4 Å². The third-order valence-electron chi connectivity index (χ3n) is 5.10. The summed E-state index contributed by atoms with van der Waals surface area (Å²) in [6.07, 6.45) is 3.43. The van der Waals surface area contributed by atoms with Crippen molar-refractivity contribution in [1.82, 2.24) is 4.90 Å². The summed E-state index contributed by atoms with van der Waals surface area (Å²) in [7, 11) is 2.10. The second-order valence-corrected chi connectivity index (χ2v) is 6.79. The molecule has 0 unspecified atom stereocenters. The predicted molar refractivity (Wildman–Crippen MR) is 97.7 cm³/mol. The molecule has 1 heterocycles. The number of aryl methyl sites for hydroxylation is 1. The number of nitrogens with zero attached hydrogens (tertiary/aromatic N) is 1. The molecule has 0 amide bonds. The van der Waals surface area contributed by atoms with Gasteiger partial charge in [-0.2, -0.15) is 0 Å². The molecule has 1 aliphatic rings. The third kappa shape index (κ3) is 3.05. The molecule has 0 fully saturated rings. The second-order valence-electron chi connectivity index (χ2n) is 6.79. The fraction of sp³-hybridized carbons (Fsp3) is 0.286. The Morgan fingerprint density at radius 1 is 1.20 bits per heavy atom. The summed E-state index contributed by atoms with van der Waals surface area (Å²) in [6, 6.07) is 15.5. The van der Waals surface area contributed by atoms with Gasteiger partial charge in [-0.25, -0.2) is 4.79 Å². The first-order valence-electron chi connectivity index (χ1n) is 8.65. The maximum absolute atomic E-state index is 11.9. The zero-order valence-electron chi connectivity index (χ0n) is 14.2. The minimum atomic E-state index is -0.384. The van der Waals surface area contributed by atoms with Gasteiger partial charge in [0.2, 0.25) is 0 Å². The van der Waals surface area contributed by atoms with E-state index in [1.54, 1.807) is 12.1 Å². The van der Waals surface area contributed by atoms with Crippen LogP contribution in [0.25, 0.3) is 11.0 Å². The Kier molecular flexibility index (Phi) is 4.06. The zero-order chi connectivity index (χ0) is 17.4. The number of benzene rings is 2. The van der Waals surface area contributed by atoms with Crippen molar-refractivity contribution in [2.75, 3.05) is 7.05 Å². The molecule has 3 aromatic rings. The van der Waals surface area contributed by atoms with Crippen molar-refractivity contribution >= 4 is 11.0 Å². The van der Waals surface area contributed by atoms with Crippen molar-refractivity contribution in [3.8, 4) is 5.75 Å². The summed E-state index contributed by atoms with van der Waals surface area (Å²) in [5, 5.41) is 10.5. The second kappa shape index (κ2) is 6.37. The number of hydrogen-bond acceptors (Lipinski definition) is 4. The molecule has 0 spiro atoms. The Labute approximate surface area is 146 Å². The number of aromatic hydroxyl groups is 1. The normalized spacial score (nSPS) is 17.0. The molecule has 25 heavy (non-hydrogen) atoms. The highest BCUT2D eigenvalue weighted by Crippen LogP contribution is 2.34. The van der Waals surface area contributed by atoms with Crippen LogP contribution in [0.4, 0.5) is 0 Å². The predicted octanol–water partition coefficient (Wildman–Crippen LogP) is 4.01. The monoisotopic (exact) mass is 335 g/mol. The van der Waals surface area contributed by atoms with Crippen molar-refractivity contribution in [3.63, 3.8) is 0 Å². The van der Waals surface area contributed by atoms with E-state index in [9.17, 15) is 9.90 Å². The van der Waals surface area contributed by atoms with Crippen LogP contribution in [0.5, 0.6) is 5.75 Å².